The molecule has 0 amide bonds. The Morgan fingerprint density at radius 2 is 0.843 bits per heavy atom. The predicted molar refractivity (Wildman–Crippen MR) is 217 cm³/mol. The van der Waals surface area contributed by atoms with Crippen LogP contribution in [0.15, 0.2) is 200 Å². The van der Waals surface area contributed by atoms with Gasteiger partial charge in [-0.1, -0.05) is 152 Å². The van der Waals surface area contributed by atoms with E-state index in [1.807, 2.05) is 0 Å². The molecule has 1 aliphatic rings. The molecule has 1 heterocycles. The van der Waals surface area contributed by atoms with Gasteiger partial charge in [0.25, 0.3) is 0 Å². The SMILES string of the molecule is c1ccc([Si]2(c3ccccc3)c3ccccc3Oc3c(N(c4ccc5ccccc5c4)c4ccc5cc6ccccc6cc5c4)cccc32)cc1. The lowest BCUT2D eigenvalue weighted by molar-refractivity contribution is 0.488. The molecule has 0 fully saturated rings. The zero-order valence-corrected chi connectivity index (χ0v) is 28.9. The fourth-order valence-corrected chi connectivity index (χ4v) is 13.2. The second kappa shape index (κ2) is 11.9. The molecule has 0 radical (unpaired) electrons. The first kappa shape index (κ1) is 29.5. The fraction of sp³-hybridized carbons (Fsp3) is 0. The molecule has 0 aliphatic carbocycles. The Hall–Kier alpha value is -6.42. The van der Waals surface area contributed by atoms with E-state index in [0.29, 0.717) is 0 Å². The van der Waals surface area contributed by atoms with Gasteiger partial charge >= 0.3 is 0 Å². The molecule has 1 aliphatic heterocycles. The van der Waals surface area contributed by atoms with E-state index in [1.165, 1.54) is 53.1 Å². The number of benzene rings is 9. The van der Waals surface area contributed by atoms with Crippen LogP contribution in [0.1, 0.15) is 0 Å². The lowest BCUT2D eigenvalue weighted by Crippen LogP contribution is -2.76. The Morgan fingerprint density at radius 1 is 0.353 bits per heavy atom. The molecule has 3 heteroatoms. The first-order chi connectivity index (χ1) is 25.3. The third-order valence-electron chi connectivity index (χ3n) is 10.5. The minimum absolute atomic E-state index is 0.905. The van der Waals surface area contributed by atoms with Crippen LogP contribution in [0, 0.1) is 0 Å². The number of para-hydroxylation sites is 2. The quantitative estimate of drug-likeness (QED) is 0.134. The Morgan fingerprint density at radius 3 is 1.53 bits per heavy atom. The molecule has 0 atom stereocenters. The van der Waals surface area contributed by atoms with Crippen molar-refractivity contribution in [2.24, 2.45) is 0 Å². The summed E-state index contributed by atoms with van der Waals surface area (Å²) in [6.45, 7) is 0. The largest absolute Gasteiger partial charge is 0.455 e. The first-order valence-electron chi connectivity index (χ1n) is 17.5. The Balaban J connectivity index is 1.28. The van der Waals surface area contributed by atoms with E-state index in [1.54, 1.807) is 0 Å². The van der Waals surface area contributed by atoms with Crippen molar-refractivity contribution in [3.63, 3.8) is 0 Å². The van der Waals surface area contributed by atoms with E-state index in [2.05, 4.69) is 205 Å². The van der Waals surface area contributed by atoms with Gasteiger partial charge in [-0.15, -0.1) is 0 Å². The van der Waals surface area contributed by atoms with E-state index in [4.69, 9.17) is 4.74 Å². The van der Waals surface area contributed by atoms with Crippen molar-refractivity contribution in [3.05, 3.63) is 200 Å². The van der Waals surface area contributed by atoms with Gasteiger partial charge in [-0.3, -0.25) is 0 Å². The van der Waals surface area contributed by atoms with Gasteiger partial charge < -0.3 is 9.64 Å². The van der Waals surface area contributed by atoms with Crippen molar-refractivity contribution < 1.29 is 4.74 Å². The fourth-order valence-electron chi connectivity index (χ4n) is 8.20. The monoisotopic (exact) mass is 667 g/mol. The standard InChI is InChI=1S/C48H33NOSi/c1-3-18-42(19-4-1)51(43-20-5-2-6-21-43)46-24-12-11-23-45(46)50-48-44(22-13-25-47(48)51)49(40-28-26-34-14-7-8-17-37(34)32-40)41-29-27-38-30-35-15-9-10-16-36(35)31-39(38)33-41/h1-33H. The van der Waals surface area contributed by atoms with Crippen LogP contribution in [-0.4, -0.2) is 8.07 Å². The molecular weight excluding hydrogens is 635 g/mol. The third kappa shape index (κ3) is 4.70. The predicted octanol–water partition coefficient (Wildman–Crippen LogP) is 10.1. The molecule has 10 rings (SSSR count). The summed E-state index contributed by atoms with van der Waals surface area (Å²) in [6.07, 6.45) is 0. The zero-order valence-electron chi connectivity index (χ0n) is 27.9. The van der Waals surface area contributed by atoms with Crippen molar-refractivity contribution in [1.82, 2.24) is 0 Å². The number of nitrogens with zero attached hydrogens (tertiary/aromatic N) is 1. The molecule has 0 saturated carbocycles. The number of fused-ring (bicyclic) bond motifs is 5. The molecule has 0 bridgehead atoms. The van der Waals surface area contributed by atoms with E-state index >= 15 is 0 Å². The molecule has 0 spiro atoms. The summed E-state index contributed by atoms with van der Waals surface area (Å²) in [5, 5.41) is 12.5. The smallest absolute Gasteiger partial charge is 0.188 e. The molecule has 51 heavy (non-hydrogen) atoms. The minimum atomic E-state index is -2.82. The van der Waals surface area contributed by atoms with E-state index in [0.717, 1.165) is 28.6 Å². The molecule has 0 saturated heterocycles. The van der Waals surface area contributed by atoms with Crippen molar-refractivity contribution in [2.45, 2.75) is 0 Å². The van der Waals surface area contributed by atoms with E-state index < -0.39 is 8.07 Å². The lowest BCUT2D eigenvalue weighted by atomic mass is 10.0. The molecule has 0 N–H and O–H groups in total. The molecule has 0 aromatic heterocycles. The van der Waals surface area contributed by atoms with Gasteiger partial charge in [-0.05, 0) is 102 Å². The second-order valence-corrected chi connectivity index (χ2v) is 17.1. The van der Waals surface area contributed by atoms with Crippen LogP contribution in [0.4, 0.5) is 17.1 Å². The zero-order chi connectivity index (χ0) is 33.8. The van der Waals surface area contributed by atoms with Crippen molar-refractivity contribution in [1.29, 1.82) is 0 Å². The van der Waals surface area contributed by atoms with Crippen molar-refractivity contribution >= 4 is 78.2 Å². The second-order valence-electron chi connectivity index (χ2n) is 13.3. The normalized spacial score (nSPS) is 13.0. The van der Waals surface area contributed by atoms with Gasteiger partial charge in [0.2, 0.25) is 0 Å². The van der Waals surface area contributed by atoms with Gasteiger partial charge in [0, 0.05) is 11.4 Å². The van der Waals surface area contributed by atoms with Crippen LogP contribution in [0.25, 0.3) is 32.3 Å². The maximum atomic E-state index is 7.16. The summed E-state index contributed by atoms with van der Waals surface area (Å²) in [5.74, 6) is 1.82. The van der Waals surface area contributed by atoms with Gasteiger partial charge in [0.15, 0.2) is 13.8 Å². The van der Waals surface area contributed by atoms with Gasteiger partial charge in [-0.2, -0.15) is 0 Å². The minimum Gasteiger partial charge on any atom is -0.455 e. The van der Waals surface area contributed by atoms with Crippen LogP contribution < -0.4 is 30.4 Å². The van der Waals surface area contributed by atoms with E-state index in [-0.39, 0.29) is 0 Å². The highest BCUT2D eigenvalue weighted by atomic mass is 28.3. The molecule has 240 valence electrons. The highest BCUT2D eigenvalue weighted by Crippen LogP contribution is 2.44. The van der Waals surface area contributed by atoms with Crippen LogP contribution in [0.3, 0.4) is 0 Å². The maximum Gasteiger partial charge on any atom is 0.188 e. The number of hydrogen-bond donors (Lipinski definition) is 0. The number of hydrogen-bond acceptors (Lipinski definition) is 2. The summed E-state index contributed by atoms with van der Waals surface area (Å²) in [4.78, 5) is 2.39. The average molecular weight is 668 g/mol. The van der Waals surface area contributed by atoms with E-state index in [9.17, 15) is 0 Å². The summed E-state index contributed by atoms with van der Waals surface area (Å²) in [7, 11) is -2.82. The average Bonchev–Trinajstić information content (AvgIpc) is 3.20. The lowest BCUT2D eigenvalue weighted by Gasteiger charge is -2.41. The number of ether oxygens (including phenoxy) is 1. The Kier molecular flexibility index (Phi) is 6.86. The summed E-state index contributed by atoms with van der Waals surface area (Å²) >= 11 is 0. The first-order valence-corrected chi connectivity index (χ1v) is 19.5. The number of anilines is 3. The molecule has 2 nitrogen and oxygen atoms in total. The maximum absolute atomic E-state index is 7.16. The van der Waals surface area contributed by atoms with Crippen molar-refractivity contribution in [3.8, 4) is 11.5 Å². The molecule has 9 aromatic rings. The Labute approximate surface area is 298 Å². The van der Waals surface area contributed by atoms with Gasteiger partial charge in [0.05, 0.1) is 5.69 Å². The molecule has 0 unspecified atom stereocenters. The van der Waals surface area contributed by atoms with Crippen molar-refractivity contribution in [2.75, 3.05) is 4.90 Å². The summed E-state index contributed by atoms with van der Waals surface area (Å²) in [6, 6.07) is 73.0. The topological polar surface area (TPSA) is 12.5 Å². The van der Waals surface area contributed by atoms with Crippen LogP contribution in [-0.2, 0) is 0 Å². The Bertz CT molecular complexity index is 2700. The van der Waals surface area contributed by atoms with Gasteiger partial charge in [0.1, 0.15) is 5.75 Å². The molecular formula is C48H33NOSi. The van der Waals surface area contributed by atoms with Crippen LogP contribution in [0.2, 0.25) is 0 Å². The summed E-state index contributed by atoms with van der Waals surface area (Å²) in [5.41, 5.74) is 3.17. The summed E-state index contributed by atoms with van der Waals surface area (Å²) < 4.78 is 7.16. The van der Waals surface area contributed by atoms with Crippen LogP contribution >= 0.6 is 0 Å². The number of rotatable bonds is 5. The third-order valence-corrected chi connectivity index (χ3v) is 15.3. The molecule has 9 aromatic carbocycles. The highest BCUT2D eigenvalue weighted by molar-refractivity contribution is 7.20. The van der Waals surface area contributed by atoms with Gasteiger partial charge in [-0.25, -0.2) is 0 Å². The van der Waals surface area contributed by atoms with Crippen LogP contribution in [0.5, 0.6) is 11.5 Å². The highest BCUT2D eigenvalue weighted by Gasteiger charge is 2.48.